The van der Waals surface area contributed by atoms with Crippen LogP contribution < -0.4 is 18.9 Å². The lowest BCUT2D eigenvalue weighted by molar-refractivity contribution is 0.323. The Labute approximate surface area is 216 Å². The number of ether oxygens (including phenoxy) is 4. The van der Waals surface area contributed by atoms with E-state index in [-0.39, 0.29) is 5.88 Å². The van der Waals surface area contributed by atoms with Gasteiger partial charge in [-0.3, -0.25) is 0 Å². The fraction of sp³-hybridized carbons (Fsp3) is 0.200. The zero-order valence-electron chi connectivity index (χ0n) is 21.3. The highest BCUT2D eigenvalue weighted by Gasteiger charge is 2.23. The molecule has 0 unspecified atom stereocenters. The standard InChI is InChI=1S/C30H28N2O5/c1-5-35-25-16-11-22(27(17-25)36-6-2)19-32-30-26(18-31)28(20-7-12-23(33-3)13-8-20)29(37-30)21-9-14-24(34-4)15-10-21/h7-17,19H,5-6H2,1-4H3. The number of nitrogens with zero attached hydrogens (tertiary/aromatic N) is 2. The molecule has 0 saturated heterocycles. The highest BCUT2D eigenvalue weighted by Crippen LogP contribution is 2.43. The Bertz CT molecular complexity index is 1410. The molecule has 1 aromatic heterocycles. The summed E-state index contributed by atoms with van der Waals surface area (Å²) in [6.07, 6.45) is 1.63. The summed E-state index contributed by atoms with van der Waals surface area (Å²) in [6.45, 7) is 4.89. The minimum Gasteiger partial charge on any atom is -0.497 e. The molecule has 7 nitrogen and oxygen atoms in total. The number of nitriles is 1. The predicted octanol–water partition coefficient (Wildman–Crippen LogP) is 7.05. The van der Waals surface area contributed by atoms with Gasteiger partial charge in [0.25, 0.3) is 0 Å². The van der Waals surface area contributed by atoms with E-state index >= 15 is 0 Å². The van der Waals surface area contributed by atoms with Gasteiger partial charge in [0.15, 0.2) is 0 Å². The van der Waals surface area contributed by atoms with E-state index < -0.39 is 0 Å². The van der Waals surface area contributed by atoms with Crippen molar-refractivity contribution in [3.63, 3.8) is 0 Å². The lowest BCUT2D eigenvalue weighted by Gasteiger charge is -2.09. The van der Waals surface area contributed by atoms with Gasteiger partial charge in [-0.05, 0) is 67.9 Å². The Kier molecular flexibility index (Phi) is 8.11. The molecule has 0 aliphatic carbocycles. The molecule has 0 N–H and O–H groups in total. The van der Waals surface area contributed by atoms with E-state index in [1.54, 1.807) is 20.4 Å². The van der Waals surface area contributed by atoms with Crippen LogP contribution in [-0.4, -0.2) is 33.6 Å². The quantitative estimate of drug-likeness (QED) is 0.219. The van der Waals surface area contributed by atoms with Crippen molar-refractivity contribution < 1.29 is 23.4 Å². The number of hydrogen-bond acceptors (Lipinski definition) is 7. The van der Waals surface area contributed by atoms with Crippen LogP contribution in [0.4, 0.5) is 5.88 Å². The van der Waals surface area contributed by atoms with E-state index in [1.807, 2.05) is 80.6 Å². The van der Waals surface area contributed by atoms with Gasteiger partial charge < -0.3 is 23.4 Å². The number of aliphatic imine (C=N–C) groups is 1. The highest BCUT2D eigenvalue weighted by atomic mass is 16.5. The third-order valence-corrected chi connectivity index (χ3v) is 5.65. The van der Waals surface area contributed by atoms with Gasteiger partial charge in [-0.15, -0.1) is 0 Å². The van der Waals surface area contributed by atoms with E-state index in [2.05, 4.69) is 11.1 Å². The van der Waals surface area contributed by atoms with Crippen molar-refractivity contribution in [3.8, 4) is 51.5 Å². The van der Waals surface area contributed by atoms with Crippen molar-refractivity contribution in [2.24, 2.45) is 4.99 Å². The van der Waals surface area contributed by atoms with Crippen LogP contribution in [0, 0.1) is 11.3 Å². The first-order valence-corrected chi connectivity index (χ1v) is 11.9. The molecule has 1 heterocycles. The van der Waals surface area contributed by atoms with Gasteiger partial charge in [0.1, 0.15) is 40.4 Å². The van der Waals surface area contributed by atoms with Gasteiger partial charge in [0.05, 0.1) is 27.4 Å². The number of hydrogen-bond donors (Lipinski definition) is 0. The number of methoxy groups -OCH3 is 2. The Balaban J connectivity index is 1.83. The normalized spacial score (nSPS) is 10.8. The van der Waals surface area contributed by atoms with Crippen LogP contribution >= 0.6 is 0 Å². The summed E-state index contributed by atoms with van der Waals surface area (Å²) in [7, 11) is 3.23. The molecule has 188 valence electrons. The molecule has 0 aliphatic rings. The summed E-state index contributed by atoms with van der Waals surface area (Å²) in [5, 5.41) is 10.2. The van der Waals surface area contributed by atoms with Crippen LogP contribution in [0.25, 0.3) is 22.5 Å². The number of benzene rings is 3. The van der Waals surface area contributed by atoms with Crippen LogP contribution in [0.2, 0.25) is 0 Å². The molecule has 3 aromatic carbocycles. The third kappa shape index (κ3) is 5.60. The Morgan fingerprint density at radius 3 is 1.97 bits per heavy atom. The first-order valence-electron chi connectivity index (χ1n) is 11.9. The summed E-state index contributed by atoms with van der Waals surface area (Å²) in [4.78, 5) is 4.58. The number of rotatable bonds is 10. The van der Waals surface area contributed by atoms with Crippen LogP contribution in [-0.2, 0) is 0 Å². The molecule has 0 bridgehead atoms. The first-order chi connectivity index (χ1) is 18.1. The van der Waals surface area contributed by atoms with E-state index in [0.29, 0.717) is 47.3 Å². The lowest BCUT2D eigenvalue weighted by Crippen LogP contribution is -1.98. The molecule has 0 amide bonds. The number of furan rings is 1. The fourth-order valence-electron chi connectivity index (χ4n) is 3.88. The zero-order valence-corrected chi connectivity index (χ0v) is 21.3. The van der Waals surface area contributed by atoms with Gasteiger partial charge >= 0.3 is 0 Å². The molecule has 0 aliphatic heterocycles. The molecule has 4 aromatic rings. The maximum Gasteiger partial charge on any atom is 0.238 e. The summed E-state index contributed by atoms with van der Waals surface area (Å²) >= 11 is 0. The minimum atomic E-state index is 0.204. The average Bonchev–Trinajstić information content (AvgIpc) is 3.31. The van der Waals surface area contributed by atoms with Crippen LogP contribution in [0.1, 0.15) is 25.0 Å². The van der Waals surface area contributed by atoms with E-state index in [4.69, 9.17) is 23.4 Å². The second-order valence-electron chi connectivity index (χ2n) is 7.88. The van der Waals surface area contributed by atoms with Crippen LogP contribution in [0.5, 0.6) is 23.0 Å². The van der Waals surface area contributed by atoms with Crippen molar-refractivity contribution in [2.45, 2.75) is 13.8 Å². The van der Waals surface area contributed by atoms with E-state index in [9.17, 15) is 5.26 Å². The Hall–Kier alpha value is -4.70. The molecular formula is C30H28N2O5. The summed E-state index contributed by atoms with van der Waals surface area (Å²) in [6, 6.07) is 22.8. The monoisotopic (exact) mass is 496 g/mol. The van der Waals surface area contributed by atoms with Gasteiger partial charge in [0.2, 0.25) is 5.88 Å². The fourth-order valence-corrected chi connectivity index (χ4v) is 3.88. The van der Waals surface area contributed by atoms with Gasteiger partial charge in [-0.1, -0.05) is 12.1 Å². The molecule has 0 spiro atoms. The van der Waals surface area contributed by atoms with Gasteiger partial charge in [0, 0.05) is 29.0 Å². The summed E-state index contributed by atoms with van der Waals surface area (Å²) in [5.74, 6) is 3.52. The molecule has 0 atom stereocenters. The zero-order chi connectivity index (χ0) is 26.2. The predicted molar refractivity (Wildman–Crippen MR) is 143 cm³/mol. The molecule has 4 rings (SSSR count). The maximum atomic E-state index is 10.2. The first kappa shape index (κ1) is 25.4. The van der Waals surface area contributed by atoms with Crippen molar-refractivity contribution in [3.05, 3.63) is 77.9 Å². The van der Waals surface area contributed by atoms with Crippen molar-refractivity contribution >= 4 is 12.1 Å². The van der Waals surface area contributed by atoms with Crippen molar-refractivity contribution in [1.82, 2.24) is 0 Å². The maximum absolute atomic E-state index is 10.2. The van der Waals surface area contributed by atoms with Gasteiger partial charge in [-0.2, -0.15) is 5.26 Å². The highest BCUT2D eigenvalue weighted by molar-refractivity contribution is 5.91. The van der Waals surface area contributed by atoms with Crippen molar-refractivity contribution in [1.29, 1.82) is 5.26 Å². The van der Waals surface area contributed by atoms with Crippen LogP contribution in [0.15, 0.2) is 76.1 Å². The summed E-state index contributed by atoms with van der Waals surface area (Å²) in [5.41, 5.74) is 3.32. The second-order valence-corrected chi connectivity index (χ2v) is 7.88. The topological polar surface area (TPSA) is 86.2 Å². The Morgan fingerprint density at radius 2 is 1.41 bits per heavy atom. The van der Waals surface area contributed by atoms with Crippen LogP contribution in [0.3, 0.4) is 0 Å². The largest absolute Gasteiger partial charge is 0.497 e. The lowest BCUT2D eigenvalue weighted by atomic mass is 9.98. The molecule has 0 fully saturated rings. The van der Waals surface area contributed by atoms with Gasteiger partial charge in [-0.25, -0.2) is 4.99 Å². The minimum absolute atomic E-state index is 0.204. The summed E-state index contributed by atoms with van der Waals surface area (Å²) < 4.78 is 28.2. The van der Waals surface area contributed by atoms with Crippen molar-refractivity contribution in [2.75, 3.05) is 27.4 Å². The van der Waals surface area contributed by atoms with E-state index in [0.717, 1.165) is 22.4 Å². The Morgan fingerprint density at radius 1 is 0.811 bits per heavy atom. The van der Waals surface area contributed by atoms with E-state index in [1.165, 1.54) is 0 Å². The SMILES string of the molecule is CCOc1ccc(C=Nc2oc(-c3ccc(OC)cc3)c(-c3ccc(OC)cc3)c2C#N)c(OCC)c1. The molecule has 0 radical (unpaired) electrons. The molecular weight excluding hydrogens is 468 g/mol. The smallest absolute Gasteiger partial charge is 0.238 e. The second kappa shape index (κ2) is 11.8. The molecule has 37 heavy (non-hydrogen) atoms. The average molecular weight is 497 g/mol. The third-order valence-electron chi connectivity index (χ3n) is 5.65. The molecule has 7 heteroatoms. The molecule has 0 saturated carbocycles.